The van der Waals surface area contributed by atoms with Gasteiger partial charge in [-0.25, -0.2) is 8.42 Å². The van der Waals surface area contributed by atoms with Crippen LogP contribution in [0, 0.1) is 0 Å². The first-order valence-electron chi connectivity index (χ1n) is 9.63. The van der Waals surface area contributed by atoms with Crippen molar-refractivity contribution >= 4 is 28.3 Å². The number of halogens is 1. The van der Waals surface area contributed by atoms with E-state index >= 15 is 0 Å². The highest BCUT2D eigenvalue weighted by Gasteiger charge is 2.33. The second-order valence-corrected chi connectivity index (χ2v) is 9.34. The topological polar surface area (TPSA) is 102 Å². The van der Waals surface area contributed by atoms with Crippen LogP contribution in [0.25, 0.3) is 0 Å². The SMILES string of the molecule is Cl.NCC1(NC(=O)CCc2ccc(S(=O)(=O)N3CCOCC3)cc2)CCCC1. The lowest BCUT2D eigenvalue weighted by molar-refractivity contribution is -0.122. The van der Waals surface area contributed by atoms with Gasteiger partial charge in [-0.3, -0.25) is 4.79 Å². The maximum absolute atomic E-state index is 12.6. The Morgan fingerprint density at radius 1 is 1.14 bits per heavy atom. The predicted molar refractivity (Wildman–Crippen MR) is 110 cm³/mol. The lowest BCUT2D eigenvalue weighted by Crippen LogP contribution is -2.51. The number of nitrogens with two attached hydrogens (primary N) is 1. The third-order valence-electron chi connectivity index (χ3n) is 5.53. The summed E-state index contributed by atoms with van der Waals surface area (Å²) in [6.07, 6.45) is 5.06. The summed E-state index contributed by atoms with van der Waals surface area (Å²) in [5.74, 6) is 0.00682. The molecule has 7 nitrogen and oxygen atoms in total. The summed E-state index contributed by atoms with van der Waals surface area (Å²) in [6, 6.07) is 6.82. The molecule has 1 aliphatic heterocycles. The van der Waals surface area contributed by atoms with Gasteiger partial charge in [0.2, 0.25) is 15.9 Å². The molecule has 0 radical (unpaired) electrons. The number of ether oxygens (including phenoxy) is 1. The van der Waals surface area contributed by atoms with Gasteiger partial charge >= 0.3 is 0 Å². The quantitative estimate of drug-likeness (QED) is 0.680. The number of hydrogen-bond donors (Lipinski definition) is 2. The largest absolute Gasteiger partial charge is 0.379 e. The molecule has 3 rings (SSSR count). The number of carbonyl (C=O) groups excluding carboxylic acids is 1. The van der Waals surface area contributed by atoms with Crippen LogP contribution in [0.2, 0.25) is 0 Å². The number of benzene rings is 1. The van der Waals surface area contributed by atoms with Crippen molar-refractivity contribution in [2.75, 3.05) is 32.8 Å². The Balaban J connectivity index is 0.00000280. The van der Waals surface area contributed by atoms with Crippen LogP contribution >= 0.6 is 12.4 Å². The van der Waals surface area contributed by atoms with Crippen molar-refractivity contribution in [3.8, 4) is 0 Å². The van der Waals surface area contributed by atoms with Gasteiger partial charge in [0.05, 0.1) is 23.6 Å². The molecule has 3 N–H and O–H groups in total. The molecule has 1 amide bonds. The minimum absolute atomic E-state index is 0. The van der Waals surface area contributed by atoms with Crippen LogP contribution in [-0.2, 0) is 26.0 Å². The zero-order chi connectivity index (χ0) is 19.3. The van der Waals surface area contributed by atoms with Gasteiger partial charge in [0.1, 0.15) is 0 Å². The Morgan fingerprint density at radius 3 is 2.32 bits per heavy atom. The fourth-order valence-electron chi connectivity index (χ4n) is 3.81. The number of aryl methyl sites for hydroxylation is 1. The van der Waals surface area contributed by atoms with Crippen molar-refractivity contribution in [3.63, 3.8) is 0 Å². The van der Waals surface area contributed by atoms with E-state index in [0.29, 0.717) is 45.7 Å². The van der Waals surface area contributed by atoms with E-state index in [0.717, 1.165) is 31.2 Å². The number of nitrogens with one attached hydrogen (secondary N) is 1. The molecule has 28 heavy (non-hydrogen) atoms. The molecule has 0 spiro atoms. The number of amides is 1. The lowest BCUT2D eigenvalue weighted by atomic mass is 9.97. The van der Waals surface area contributed by atoms with Gasteiger partial charge in [-0.1, -0.05) is 25.0 Å². The fraction of sp³-hybridized carbons (Fsp3) is 0.632. The average molecular weight is 432 g/mol. The molecule has 9 heteroatoms. The first-order chi connectivity index (χ1) is 13.0. The first kappa shape index (κ1) is 23.1. The van der Waals surface area contributed by atoms with E-state index in [-0.39, 0.29) is 28.7 Å². The van der Waals surface area contributed by atoms with Gasteiger partial charge in [0.25, 0.3) is 0 Å². The smallest absolute Gasteiger partial charge is 0.243 e. The monoisotopic (exact) mass is 431 g/mol. The average Bonchev–Trinajstić information content (AvgIpc) is 3.16. The molecule has 1 aromatic rings. The fourth-order valence-corrected chi connectivity index (χ4v) is 5.22. The van der Waals surface area contributed by atoms with Crippen molar-refractivity contribution < 1.29 is 17.9 Å². The number of sulfonamides is 1. The summed E-state index contributed by atoms with van der Waals surface area (Å²) in [6.45, 7) is 2.10. The van der Waals surface area contributed by atoms with Crippen LogP contribution in [0.5, 0.6) is 0 Å². The first-order valence-corrected chi connectivity index (χ1v) is 11.1. The molecule has 1 aromatic carbocycles. The molecule has 1 aliphatic carbocycles. The molecule has 1 heterocycles. The van der Waals surface area contributed by atoms with E-state index in [9.17, 15) is 13.2 Å². The summed E-state index contributed by atoms with van der Waals surface area (Å²) in [7, 11) is -3.48. The summed E-state index contributed by atoms with van der Waals surface area (Å²) in [4.78, 5) is 12.6. The number of hydrogen-bond acceptors (Lipinski definition) is 5. The molecule has 2 aliphatic rings. The van der Waals surface area contributed by atoms with Gasteiger partial charge in [-0.15, -0.1) is 12.4 Å². The van der Waals surface area contributed by atoms with E-state index in [1.54, 1.807) is 24.3 Å². The zero-order valence-corrected chi connectivity index (χ0v) is 17.7. The van der Waals surface area contributed by atoms with Crippen molar-refractivity contribution in [2.24, 2.45) is 5.73 Å². The Labute approximate surface area is 173 Å². The minimum Gasteiger partial charge on any atom is -0.379 e. The van der Waals surface area contributed by atoms with Crippen LogP contribution in [0.1, 0.15) is 37.7 Å². The molecule has 1 saturated carbocycles. The number of morpholine rings is 1. The maximum Gasteiger partial charge on any atom is 0.243 e. The van der Waals surface area contributed by atoms with E-state index in [1.807, 2.05) is 0 Å². The van der Waals surface area contributed by atoms with E-state index in [1.165, 1.54) is 4.31 Å². The van der Waals surface area contributed by atoms with Crippen LogP contribution < -0.4 is 11.1 Å². The summed E-state index contributed by atoms with van der Waals surface area (Å²) < 4.78 is 31.9. The maximum atomic E-state index is 12.6. The summed E-state index contributed by atoms with van der Waals surface area (Å²) in [5.41, 5.74) is 6.57. The molecule has 158 valence electrons. The molecule has 2 fully saturated rings. The highest BCUT2D eigenvalue weighted by Crippen LogP contribution is 2.28. The Kier molecular flexibility index (Phi) is 8.27. The van der Waals surface area contributed by atoms with Crippen molar-refractivity contribution in [3.05, 3.63) is 29.8 Å². The van der Waals surface area contributed by atoms with Gasteiger partial charge in [-0.2, -0.15) is 4.31 Å². The third-order valence-corrected chi connectivity index (χ3v) is 7.44. The summed E-state index contributed by atoms with van der Waals surface area (Å²) in [5, 5.41) is 3.11. The third kappa shape index (κ3) is 5.45. The van der Waals surface area contributed by atoms with Crippen LogP contribution in [0.3, 0.4) is 0 Å². The number of nitrogens with zero attached hydrogens (tertiary/aromatic N) is 1. The Morgan fingerprint density at radius 2 is 1.75 bits per heavy atom. The van der Waals surface area contributed by atoms with E-state index < -0.39 is 10.0 Å². The van der Waals surface area contributed by atoms with Crippen LogP contribution in [0.15, 0.2) is 29.2 Å². The molecule has 0 atom stereocenters. The highest BCUT2D eigenvalue weighted by molar-refractivity contribution is 7.89. The zero-order valence-electron chi connectivity index (χ0n) is 16.1. The second-order valence-electron chi connectivity index (χ2n) is 7.40. The van der Waals surface area contributed by atoms with Gasteiger partial charge in [0.15, 0.2) is 0 Å². The molecule has 0 unspecified atom stereocenters. The van der Waals surface area contributed by atoms with Gasteiger partial charge in [-0.05, 0) is 37.0 Å². The standard InChI is InChI=1S/C19H29N3O4S.ClH/c20-15-19(9-1-2-10-19)21-18(23)8-5-16-3-6-17(7-4-16)27(24,25)22-11-13-26-14-12-22;/h3-4,6-7H,1-2,5,8-15,20H2,(H,21,23);1H. The predicted octanol–water partition coefficient (Wildman–Crippen LogP) is 1.45. The number of carbonyl (C=O) groups is 1. The van der Waals surface area contributed by atoms with Gasteiger partial charge < -0.3 is 15.8 Å². The van der Waals surface area contributed by atoms with E-state index in [4.69, 9.17) is 10.5 Å². The lowest BCUT2D eigenvalue weighted by Gasteiger charge is -2.28. The minimum atomic E-state index is -3.48. The van der Waals surface area contributed by atoms with Crippen LogP contribution in [-0.4, -0.2) is 57.0 Å². The molecule has 0 aromatic heterocycles. The molecule has 1 saturated heterocycles. The molecular formula is C19H30ClN3O4S. The second kappa shape index (κ2) is 10.0. The van der Waals surface area contributed by atoms with Crippen molar-refractivity contribution in [1.29, 1.82) is 0 Å². The Bertz CT molecular complexity index is 743. The summed E-state index contributed by atoms with van der Waals surface area (Å²) >= 11 is 0. The van der Waals surface area contributed by atoms with E-state index in [2.05, 4.69) is 5.32 Å². The van der Waals surface area contributed by atoms with Crippen molar-refractivity contribution in [1.82, 2.24) is 9.62 Å². The van der Waals surface area contributed by atoms with Crippen LogP contribution in [0.4, 0.5) is 0 Å². The van der Waals surface area contributed by atoms with Gasteiger partial charge in [0, 0.05) is 26.1 Å². The normalized spacial score (nSPS) is 19.8. The molecular weight excluding hydrogens is 402 g/mol. The Hall–Kier alpha value is -1.19. The number of rotatable bonds is 7. The molecule has 0 bridgehead atoms. The highest BCUT2D eigenvalue weighted by atomic mass is 35.5. The van der Waals surface area contributed by atoms with Crippen molar-refractivity contribution in [2.45, 2.75) is 49.0 Å².